The molecule has 0 radical (unpaired) electrons. The first-order valence-corrected chi connectivity index (χ1v) is 9.21. The number of aromatic amines is 1. The molecule has 0 saturated heterocycles. The molecule has 2 heterocycles. The Kier molecular flexibility index (Phi) is 5.16. The number of ether oxygens (including phenoxy) is 1. The summed E-state index contributed by atoms with van der Waals surface area (Å²) in [5, 5.41) is 3.59. The number of amides is 2. The summed E-state index contributed by atoms with van der Waals surface area (Å²) in [4.78, 5) is 30.0. The van der Waals surface area contributed by atoms with Gasteiger partial charge in [0.2, 0.25) is 5.91 Å². The van der Waals surface area contributed by atoms with E-state index in [4.69, 9.17) is 0 Å². The van der Waals surface area contributed by atoms with Gasteiger partial charge in [0, 0.05) is 41.7 Å². The molecule has 29 heavy (non-hydrogen) atoms. The summed E-state index contributed by atoms with van der Waals surface area (Å²) in [7, 11) is 0. The van der Waals surface area contributed by atoms with Crippen LogP contribution in [0.25, 0.3) is 10.9 Å². The van der Waals surface area contributed by atoms with Crippen molar-refractivity contribution < 1.29 is 23.1 Å². The maximum absolute atomic E-state index is 12.6. The third kappa shape index (κ3) is 3.91. The van der Waals surface area contributed by atoms with Crippen LogP contribution in [0, 0.1) is 0 Å². The minimum absolute atomic E-state index is 0.0434. The number of carbonyl (C=O) groups is 2. The molecule has 0 aliphatic carbocycles. The van der Waals surface area contributed by atoms with Crippen LogP contribution in [0.5, 0.6) is 5.75 Å². The molecule has 1 aliphatic rings. The van der Waals surface area contributed by atoms with E-state index in [0.29, 0.717) is 19.5 Å². The van der Waals surface area contributed by atoms with Gasteiger partial charge in [-0.3, -0.25) is 9.59 Å². The number of H-pyrrole nitrogens is 1. The number of nitrogens with one attached hydrogen (secondary N) is 2. The Hall–Kier alpha value is -3.42. The number of benzene rings is 2. The predicted octanol–water partition coefficient (Wildman–Crippen LogP) is 3.08. The molecule has 6 nitrogen and oxygen atoms in total. The average Bonchev–Trinajstić information content (AvgIpc) is 3.09. The van der Waals surface area contributed by atoms with E-state index in [1.165, 1.54) is 24.3 Å². The molecule has 0 unspecified atom stereocenters. The lowest BCUT2D eigenvalue weighted by Gasteiger charge is -2.27. The van der Waals surface area contributed by atoms with Crippen molar-refractivity contribution in [1.29, 1.82) is 0 Å². The number of carbonyl (C=O) groups excluding carboxylic acids is 2. The summed E-state index contributed by atoms with van der Waals surface area (Å²) in [5.74, 6) is -1.10. The molecule has 2 aromatic carbocycles. The number of para-hydroxylation sites is 2. The Balaban J connectivity index is 1.41. The van der Waals surface area contributed by atoms with Crippen molar-refractivity contribution in [3.63, 3.8) is 0 Å². The van der Waals surface area contributed by atoms with Gasteiger partial charge in [0.25, 0.3) is 5.91 Å². The number of hydrogen-bond donors (Lipinski definition) is 2. The van der Waals surface area contributed by atoms with Crippen LogP contribution in [0.2, 0.25) is 0 Å². The van der Waals surface area contributed by atoms with E-state index in [0.717, 1.165) is 22.2 Å². The fourth-order valence-corrected chi connectivity index (χ4v) is 3.60. The van der Waals surface area contributed by atoms with Gasteiger partial charge < -0.3 is 19.9 Å². The molecule has 150 valence electrons. The van der Waals surface area contributed by atoms with Crippen molar-refractivity contribution in [3.05, 3.63) is 65.4 Å². The summed E-state index contributed by atoms with van der Waals surface area (Å²) in [5.41, 5.74) is 3.20. The highest BCUT2D eigenvalue weighted by Gasteiger charge is 2.24. The third-order valence-corrected chi connectivity index (χ3v) is 4.98. The zero-order valence-corrected chi connectivity index (χ0v) is 15.5. The number of alkyl halides is 2. The van der Waals surface area contributed by atoms with Crippen molar-refractivity contribution in [1.82, 2.24) is 15.2 Å². The van der Waals surface area contributed by atoms with Crippen LogP contribution in [0.15, 0.2) is 48.5 Å². The Morgan fingerprint density at radius 1 is 1.14 bits per heavy atom. The molecule has 0 spiro atoms. The normalized spacial score (nSPS) is 13.4. The average molecular weight is 399 g/mol. The SMILES string of the molecule is O=C(NCC(=O)N1CCc2[nH]c3ccccc3c2C1)c1ccccc1OC(F)F. The monoisotopic (exact) mass is 399 g/mol. The molecule has 4 rings (SSSR count). The van der Waals surface area contributed by atoms with Gasteiger partial charge in [-0.25, -0.2) is 0 Å². The lowest BCUT2D eigenvalue weighted by atomic mass is 10.0. The van der Waals surface area contributed by atoms with Gasteiger partial charge in [-0.2, -0.15) is 8.78 Å². The molecule has 0 bridgehead atoms. The number of rotatable bonds is 5. The van der Waals surface area contributed by atoms with Crippen LogP contribution >= 0.6 is 0 Å². The van der Waals surface area contributed by atoms with Crippen LogP contribution in [0.1, 0.15) is 21.6 Å². The van der Waals surface area contributed by atoms with E-state index in [2.05, 4.69) is 15.0 Å². The van der Waals surface area contributed by atoms with Crippen LogP contribution in [0.3, 0.4) is 0 Å². The molecule has 2 N–H and O–H groups in total. The Labute approximate surface area is 165 Å². The summed E-state index contributed by atoms with van der Waals surface area (Å²) in [6.07, 6.45) is 0.703. The highest BCUT2D eigenvalue weighted by molar-refractivity contribution is 5.98. The van der Waals surface area contributed by atoms with E-state index >= 15 is 0 Å². The van der Waals surface area contributed by atoms with Crippen molar-refractivity contribution in [2.75, 3.05) is 13.1 Å². The molecule has 2 amide bonds. The van der Waals surface area contributed by atoms with Crippen molar-refractivity contribution in [2.24, 2.45) is 0 Å². The zero-order valence-electron chi connectivity index (χ0n) is 15.5. The van der Waals surface area contributed by atoms with Crippen molar-refractivity contribution in [2.45, 2.75) is 19.6 Å². The fraction of sp³-hybridized carbons (Fsp3) is 0.238. The maximum Gasteiger partial charge on any atom is 0.387 e. The molecular weight excluding hydrogens is 380 g/mol. The molecular formula is C21H19F2N3O3. The second-order valence-electron chi connectivity index (χ2n) is 6.75. The highest BCUT2D eigenvalue weighted by atomic mass is 19.3. The lowest BCUT2D eigenvalue weighted by molar-refractivity contribution is -0.131. The minimum atomic E-state index is -3.04. The number of halogens is 2. The predicted molar refractivity (Wildman–Crippen MR) is 103 cm³/mol. The summed E-state index contributed by atoms with van der Waals surface area (Å²) in [6.45, 7) is -2.26. The molecule has 3 aromatic rings. The topological polar surface area (TPSA) is 74.4 Å². The molecule has 1 aliphatic heterocycles. The van der Waals surface area contributed by atoms with Gasteiger partial charge in [-0.15, -0.1) is 0 Å². The van der Waals surface area contributed by atoms with E-state index in [9.17, 15) is 18.4 Å². The Bertz CT molecular complexity index is 1060. The van der Waals surface area contributed by atoms with Crippen LogP contribution in [-0.4, -0.2) is 41.4 Å². The van der Waals surface area contributed by atoms with Crippen molar-refractivity contribution >= 4 is 22.7 Å². The van der Waals surface area contributed by atoms with E-state index in [-0.39, 0.29) is 23.8 Å². The van der Waals surface area contributed by atoms with Gasteiger partial charge in [0.15, 0.2) is 0 Å². The second kappa shape index (κ2) is 7.90. The molecule has 1 aromatic heterocycles. The van der Waals surface area contributed by atoms with E-state index < -0.39 is 12.5 Å². The highest BCUT2D eigenvalue weighted by Crippen LogP contribution is 2.27. The molecule has 0 saturated carbocycles. The second-order valence-corrected chi connectivity index (χ2v) is 6.75. The minimum Gasteiger partial charge on any atom is -0.434 e. The first-order valence-electron chi connectivity index (χ1n) is 9.21. The molecule has 0 fully saturated rings. The molecule has 0 atom stereocenters. The maximum atomic E-state index is 12.6. The summed E-state index contributed by atoms with van der Waals surface area (Å²) in [6, 6.07) is 13.6. The van der Waals surface area contributed by atoms with Crippen molar-refractivity contribution in [3.8, 4) is 5.75 Å². The van der Waals surface area contributed by atoms with E-state index in [1.54, 1.807) is 4.90 Å². The van der Waals surface area contributed by atoms with Gasteiger partial charge in [0.05, 0.1) is 12.1 Å². The van der Waals surface area contributed by atoms with Gasteiger partial charge >= 0.3 is 6.61 Å². The van der Waals surface area contributed by atoms with Crippen LogP contribution < -0.4 is 10.1 Å². The summed E-state index contributed by atoms with van der Waals surface area (Å²) < 4.78 is 29.4. The fourth-order valence-electron chi connectivity index (χ4n) is 3.60. The van der Waals surface area contributed by atoms with Crippen LogP contribution in [0.4, 0.5) is 8.78 Å². The number of hydrogen-bond acceptors (Lipinski definition) is 3. The zero-order chi connectivity index (χ0) is 20.4. The first kappa shape index (κ1) is 18.9. The third-order valence-electron chi connectivity index (χ3n) is 4.98. The quantitative estimate of drug-likeness (QED) is 0.693. The van der Waals surface area contributed by atoms with E-state index in [1.807, 2.05) is 24.3 Å². The smallest absolute Gasteiger partial charge is 0.387 e. The standard InChI is InChI=1S/C21H19F2N3O3/c22-21(23)29-18-8-4-2-6-14(18)20(28)24-11-19(27)26-10-9-17-15(12-26)13-5-1-3-7-16(13)25-17/h1-8,21,25H,9-12H2,(H,24,28). The number of aromatic nitrogens is 1. The van der Waals surface area contributed by atoms with Crippen LogP contribution in [-0.2, 0) is 17.8 Å². The number of nitrogens with zero attached hydrogens (tertiary/aromatic N) is 1. The molecule has 8 heteroatoms. The van der Waals surface area contributed by atoms with Gasteiger partial charge in [0.1, 0.15) is 5.75 Å². The van der Waals surface area contributed by atoms with Gasteiger partial charge in [-0.05, 0) is 18.2 Å². The van der Waals surface area contributed by atoms with Gasteiger partial charge in [-0.1, -0.05) is 30.3 Å². The first-order chi connectivity index (χ1) is 14.0. The lowest BCUT2D eigenvalue weighted by Crippen LogP contribution is -2.42. The Morgan fingerprint density at radius 2 is 1.90 bits per heavy atom. The largest absolute Gasteiger partial charge is 0.434 e. The summed E-state index contributed by atoms with van der Waals surface area (Å²) >= 11 is 0. The Morgan fingerprint density at radius 3 is 2.72 bits per heavy atom. The number of fused-ring (bicyclic) bond motifs is 3.